The van der Waals surface area contributed by atoms with E-state index in [4.69, 9.17) is 9.47 Å². The first-order valence-corrected chi connectivity index (χ1v) is 13.8. The monoisotopic (exact) mass is 643 g/mol. The van der Waals surface area contributed by atoms with Gasteiger partial charge in [0.15, 0.2) is 5.78 Å². The van der Waals surface area contributed by atoms with E-state index in [0.717, 1.165) is 5.56 Å². The number of rotatable bonds is 15. The number of aryl methyl sites for hydroxylation is 1. The van der Waals surface area contributed by atoms with Gasteiger partial charge in [0.1, 0.15) is 17.0 Å². The molecule has 3 amide bonds. The van der Waals surface area contributed by atoms with Crippen LogP contribution < -0.4 is 16.0 Å². The van der Waals surface area contributed by atoms with Crippen LogP contribution >= 0.6 is 33.9 Å². The average Bonchev–Trinajstić information content (AvgIpc) is 3.33. The summed E-state index contributed by atoms with van der Waals surface area (Å²) < 4.78 is 10.8. The van der Waals surface area contributed by atoms with E-state index >= 15 is 0 Å². The summed E-state index contributed by atoms with van der Waals surface area (Å²) >= 11 is 3.30. The number of halogens is 1. The molecule has 1 aromatic heterocycles. The van der Waals surface area contributed by atoms with Gasteiger partial charge in [-0.25, -0.2) is 4.98 Å². The zero-order valence-electron chi connectivity index (χ0n) is 21.2. The lowest BCUT2D eigenvalue weighted by molar-refractivity contribution is -0.133. The van der Waals surface area contributed by atoms with Crippen LogP contribution in [0.2, 0.25) is 0 Å². The highest BCUT2D eigenvalue weighted by molar-refractivity contribution is 14.1. The van der Waals surface area contributed by atoms with Crippen LogP contribution in [-0.2, 0) is 30.3 Å². The van der Waals surface area contributed by atoms with Crippen molar-refractivity contribution in [1.82, 2.24) is 20.9 Å². The summed E-state index contributed by atoms with van der Waals surface area (Å²) in [5.74, 6) is -1.25. The summed E-state index contributed by atoms with van der Waals surface area (Å²) in [4.78, 5) is 56.2. The molecule has 0 spiro atoms. The Balaban J connectivity index is 2.15. The number of nitrogens with one attached hydrogen (secondary N) is 3. The maximum atomic E-state index is 13.2. The van der Waals surface area contributed by atoms with Gasteiger partial charge in [0.2, 0.25) is 11.8 Å². The Morgan fingerprint density at radius 1 is 0.946 bits per heavy atom. The number of methoxy groups -OCH3 is 2. The fourth-order valence-corrected chi connectivity index (χ4v) is 4.42. The molecule has 201 valence electrons. The van der Waals surface area contributed by atoms with Crippen molar-refractivity contribution in [1.29, 1.82) is 0 Å². The molecule has 0 aliphatic carbocycles. The Morgan fingerprint density at radius 2 is 1.51 bits per heavy atom. The van der Waals surface area contributed by atoms with Gasteiger partial charge >= 0.3 is 0 Å². The van der Waals surface area contributed by atoms with Gasteiger partial charge in [-0.1, -0.05) is 59.8 Å². The number of ether oxygens (including phenoxy) is 2. The highest BCUT2D eigenvalue weighted by Crippen LogP contribution is 2.13. The number of amides is 3. The molecular weight excluding hydrogens is 611 g/mol. The zero-order chi connectivity index (χ0) is 27.4. The number of benzene rings is 1. The Bertz CT molecular complexity index is 1050. The van der Waals surface area contributed by atoms with Crippen molar-refractivity contribution in [2.45, 2.75) is 38.4 Å². The van der Waals surface area contributed by atoms with Gasteiger partial charge in [-0.15, -0.1) is 11.3 Å². The summed E-state index contributed by atoms with van der Waals surface area (Å²) in [6, 6.07) is 6.36. The number of ketones is 1. The molecule has 0 saturated heterocycles. The third-order valence-corrected chi connectivity index (χ3v) is 7.36. The summed E-state index contributed by atoms with van der Waals surface area (Å²) in [6.45, 7) is 3.25. The second-order valence-electron chi connectivity index (χ2n) is 8.27. The Labute approximate surface area is 234 Å². The number of Topliss-reactive ketones (excluding diaryl/α,β-unsaturated/α-hetero) is 1. The summed E-state index contributed by atoms with van der Waals surface area (Å²) in [5.41, 5.74) is 0.885. The van der Waals surface area contributed by atoms with Crippen LogP contribution in [-0.4, -0.2) is 78.5 Å². The van der Waals surface area contributed by atoms with Gasteiger partial charge in [-0.05, 0) is 18.9 Å². The molecule has 1 radical (unpaired) electrons. The molecule has 3 atom stereocenters. The van der Waals surface area contributed by atoms with Crippen LogP contribution in [0.25, 0.3) is 0 Å². The van der Waals surface area contributed by atoms with E-state index in [0.29, 0.717) is 26.7 Å². The summed E-state index contributed by atoms with van der Waals surface area (Å²) in [6.07, 6.45) is 1.72. The SMILES string of the molecule is COC[C@H](NC(=O)c1cnc(C)s1)C(=O)N[C@@H](COC)C(=O)N[C@@H](Cc1ccccc1)C(=O)[C](C)CI. The maximum Gasteiger partial charge on any atom is 0.263 e. The first-order chi connectivity index (χ1) is 17.7. The minimum Gasteiger partial charge on any atom is -0.382 e. The quantitative estimate of drug-likeness (QED) is 0.199. The van der Waals surface area contributed by atoms with Gasteiger partial charge in [0, 0.05) is 18.6 Å². The molecule has 0 fully saturated rings. The molecule has 1 aromatic carbocycles. The molecule has 0 saturated carbocycles. The molecule has 0 aliphatic heterocycles. The predicted octanol–water partition coefficient (Wildman–Crippen LogP) is 1.65. The van der Waals surface area contributed by atoms with E-state index < -0.39 is 35.8 Å². The van der Waals surface area contributed by atoms with E-state index in [-0.39, 0.29) is 19.0 Å². The van der Waals surface area contributed by atoms with Gasteiger partial charge in [-0.2, -0.15) is 0 Å². The minimum atomic E-state index is -1.11. The topological polar surface area (TPSA) is 136 Å². The standard InChI is InChI=1S/C25H32IN4O6S/c1-15(11-26)22(31)18(10-17-8-6-5-7-9-17)28-23(32)19(13-35-3)29-24(33)20(14-36-4)30-25(34)21-12-27-16(2)37-21/h5-9,12,18-20H,10-11,13-14H2,1-4H3,(H,28,32)(H,29,33)(H,30,34)/t18-,19-,20-/m0/s1. The third-order valence-electron chi connectivity index (χ3n) is 5.30. The highest BCUT2D eigenvalue weighted by Gasteiger charge is 2.31. The van der Waals surface area contributed by atoms with E-state index in [1.54, 1.807) is 13.8 Å². The van der Waals surface area contributed by atoms with E-state index in [2.05, 4.69) is 43.5 Å². The van der Waals surface area contributed by atoms with E-state index in [1.807, 2.05) is 30.3 Å². The molecule has 2 aromatic rings. The highest BCUT2D eigenvalue weighted by atomic mass is 127. The number of alkyl halides is 1. The number of aromatic nitrogens is 1. The van der Waals surface area contributed by atoms with Gasteiger partial charge in [0.05, 0.1) is 36.4 Å². The summed E-state index contributed by atoms with van der Waals surface area (Å²) in [7, 11) is 2.79. The van der Waals surface area contributed by atoms with Crippen LogP contribution in [0.1, 0.15) is 27.2 Å². The molecule has 1 heterocycles. The zero-order valence-corrected chi connectivity index (χ0v) is 24.2. The Morgan fingerprint density at radius 3 is 2.03 bits per heavy atom. The number of hydrogen-bond acceptors (Lipinski definition) is 8. The molecule has 0 unspecified atom stereocenters. The molecule has 0 bridgehead atoms. The minimum absolute atomic E-state index is 0.115. The summed E-state index contributed by atoms with van der Waals surface area (Å²) in [5, 5.41) is 8.72. The third kappa shape index (κ3) is 9.76. The first-order valence-electron chi connectivity index (χ1n) is 11.5. The van der Waals surface area contributed by atoms with Crippen molar-refractivity contribution in [3.63, 3.8) is 0 Å². The molecule has 2 rings (SSSR count). The predicted molar refractivity (Wildman–Crippen MR) is 149 cm³/mol. The number of hydrogen-bond donors (Lipinski definition) is 3. The van der Waals surface area contributed by atoms with E-state index in [9.17, 15) is 19.2 Å². The lowest BCUT2D eigenvalue weighted by Gasteiger charge is -2.25. The smallest absolute Gasteiger partial charge is 0.263 e. The van der Waals surface area contributed by atoms with Gasteiger partial charge in [-0.3, -0.25) is 19.2 Å². The average molecular weight is 644 g/mol. The van der Waals surface area contributed by atoms with E-state index in [1.165, 1.54) is 31.8 Å². The number of carbonyl (C=O) groups excluding carboxylic acids is 4. The number of thiazole rings is 1. The van der Waals surface area contributed by atoms with Crippen molar-refractivity contribution in [3.05, 3.63) is 57.9 Å². The van der Waals surface area contributed by atoms with Crippen LogP contribution in [0, 0.1) is 12.8 Å². The van der Waals surface area contributed by atoms with Crippen molar-refractivity contribution >= 4 is 57.4 Å². The van der Waals surface area contributed by atoms with Crippen molar-refractivity contribution < 1.29 is 28.7 Å². The van der Waals surface area contributed by atoms with Gasteiger partial charge < -0.3 is 25.4 Å². The van der Waals surface area contributed by atoms with Crippen LogP contribution in [0.15, 0.2) is 36.5 Å². The normalized spacial score (nSPS) is 13.5. The second kappa shape index (κ2) is 15.7. The Hall–Kier alpha value is -2.42. The van der Waals surface area contributed by atoms with Crippen LogP contribution in [0.4, 0.5) is 0 Å². The molecule has 10 nitrogen and oxygen atoms in total. The van der Waals surface area contributed by atoms with Crippen LogP contribution in [0.3, 0.4) is 0 Å². The first kappa shape index (κ1) is 30.8. The molecular formula is C25H32IN4O6S. The Kier molecular flexibility index (Phi) is 13.1. The van der Waals surface area contributed by atoms with Gasteiger partial charge in [0.25, 0.3) is 5.91 Å². The molecule has 3 N–H and O–H groups in total. The van der Waals surface area contributed by atoms with Crippen molar-refractivity contribution in [2.75, 3.05) is 31.9 Å². The molecule has 0 aliphatic rings. The fraction of sp³-hybridized carbons (Fsp3) is 0.440. The lowest BCUT2D eigenvalue weighted by atomic mass is 9.95. The second-order valence-corrected chi connectivity index (χ2v) is 10.3. The molecule has 12 heteroatoms. The van der Waals surface area contributed by atoms with Crippen molar-refractivity contribution in [2.24, 2.45) is 0 Å². The van der Waals surface area contributed by atoms with Crippen LogP contribution in [0.5, 0.6) is 0 Å². The number of nitrogens with zero attached hydrogens (tertiary/aromatic N) is 1. The fourth-order valence-electron chi connectivity index (χ4n) is 3.36. The lowest BCUT2D eigenvalue weighted by Crippen LogP contribution is -2.58. The largest absolute Gasteiger partial charge is 0.382 e. The van der Waals surface area contributed by atoms with Crippen molar-refractivity contribution in [3.8, 4) is 0 Å². The maximum absolute atomic E-state index is 13.2. The number of carbonyl (C=O) groups is 4. The molecule has 37 heavy (non-hydrogen) atoms.